The molecule has 0 saturated carbocycles. The number of nitrogens with one attached hydrogen (secondary N) is 1. The lowest BCUT2D eigenvalue weighted by atomic mass is 9.90. The first-order valence-electron chi connectivity index (χ1n) is 10.4. The highest BCUT2D eigenvalue weighted by molar-refractivity contribution is 5.74. The van der Waals surface area contributed by atoms with Crippen molar-refractivity contribution in [2.24, 2.45) is 0 Å². The van der Waals surface area contributed by atoms with Gasteiger partial charge in [-0.05, 0) is 42.3 Å². The maximum Gasteiger partial charge on any atom is 0.233 e. The second kappa shape index (κ2) is 7.87. The van der Waals surface area contributed by atoms with E-state index in [0.29, 0.717) is 23.6 Å². The zero-order chi connectivity index (χ0) is 22.3. The Labute approximate surface area is 184 Å². The third-order valence-electron chi connectivity index (χ3n) is 5.95. The first-order chi connectivity index (χ1) is 15.4. The molecule has 8 heteroatoms. The number of phenols is 1. The van der Waals surface area contributed by atoms with Gasteiger partial charge < -0.3 is 14.6 Å². The van der Waals surface area contributed by atoms with E-state index in [9.17, 15) is 9.50 Å². The number of hydrogen-bond acceptors (Lipinski definition) is 7. The van der Waals surface area contributed by atoms with E-state index in [1.165, 1.54) is 0 Å². The first-order valence-corrected chi connectivity index (χ1v) is 10.4. The second-order valence-electron chi connectivity index (χ2n) is 8.33. The number of piperidine rings is 1. The highest BCUT2D eigenvalue weighted by atomic mass is 19.1. The molecular formula is C24H23FN4O3. The Balaban J connectivity index is 1.33. The zero-order valence-corrected chi connectivity index (χ0v) is 17.7. The smallest absolute Gasteiger partial charge is 0.233 e. The number of fused-ring (bicyclic) bond motifs is 2. The van der Waals surface area contributed by atoms with Crippen molar-refractivity contribution in [2.75, 3.05) is 7.11 Å². The van der Waals surface area contributed by atoms with Crippen molar-refractivity contribution in [3.8, 4) is 39.9 Å². The number of hydrogen-bond donors (Lipinski definition) is 2. The summed E-state index contributed by atoms with van der Waals surface area (Å²) in [6.07, 6.45) is 4.24. The molecule has 32 heavy (non-hydrogen) atoms. The van der Waals surface area contributed by atoms with Crippen molar-refractivity contribution in [3.63, 3.8) is 0 Å². The zero-order valence-electron chi connectivity index (χ0n) is 17.7. The molecule has 1 fully saturated rings. The van der Waals surface area contributed by atoms with Crippen LogP contribution in [0.4, 0.5) is 4.39 Å². The summed E-state index contributed by atoms with van der Waals surface area (Å²) < 4.78 is 25.7. The molecule has 5 rings (SSSR count). The lowest BCUT2D eigenvalue weighted by Gasteiger charge is -2.38. The summed E-state index contributed by atoms with van der Waals surface area (Å²) in [5.74, 6) is 0.819. The van der Waals surface area contributed by atoms with E-state index >= 15 is 0 Å². The van der Waals surface area contributed by atoms with E-state index < -0.39 is 12.3 Å². The van der Waals surface area contributed by atoms with Gasteiger partial charge in [0.2, 0.25) is 11.8 Å². The lowest BCUT2D eigenvalue weighted by molar-refractivity contribution is 0.0295. The molecule has 1 aromatic carbocycles. The highest BCUT2D eigenvalue weighted by Crippen LogP contribution is 2.35. The molecule has 2 aliphatic rings. The van der Waals surface area contributed by atoms with Crippen LogP contribution < -0.4 is 14.8 Å². The van der Waals surface area contributed by atoms with Gasteiger partial charge in [0.25, 0.3) is 0 Å². The van der Waals surface area contributed by atoms with Crippen LogP contribution in [-0.4, -0.2) is 51.3 Å². The number of alkyl halides is 1. The maximum atomic E-state index is 14.7. The van der Waals surface area contributed by atoms with Crippen LogP contribution in [0.25, 0.3) is 22.4 Å². The molecule has 0 spiro atoms. The summed E-state index contributed by atoms with van der Waals surface area (Å²) in [6.45, 7) is 2.02. The van der Waals surface area contributed by atoms with Crippen molar-refractivity contribution in [1.29, 1.82) is 0 Å². The molecule has 0 unspecified atom stereocenters. The number of ether oxygens (including phenoxy) is 2. The molecule has 0 radical (unpaired) electrons. The standard InChI is InChI=1S/C24H23FN4O3/c1-24-9-7-18(27-24)23(25)20(13-24)32-21-6-5-17(28-29-21)16-4-3-14(11-19(16)30)15-8-10-26-22(12-15)31-2/h3-12,18,20,23,27,30H,13H2,1-2H3/t18-,20+,23-,24+/m0/s1. The summed E-state index contributed by atoms with van der Waals surface area (Å²) >= 11 is 0. The Kier molecular flexibility index (Phi) is 5.01. The van der Waals surface area contributed by atoms with Gasteiger partial charge >= 0.3 is 0 Å². The fraction of sp³-hybridized carbons (Fsp3) is 0.292. The van der Waals surface area contributed by atoms with Crippen LogP contribution in [0.3, 0.4) is 0 Å². The van der Waals surface area contributed by atoms with Gasteiger partial charge in [0.05, 0.1) is 18.8 Å². The Bertz CT molecular complexity index is 1170. The van der Waals surface area contributed by atoms with E-state index in [1.807, 2.05) is 31.2 Å². The molecular weight excluding hydrogens is 411 g/mol. The minimum absolute atomic E-state index is 0.0685. The average Bonchev–Trinajstić information content (AvgIpc) is 3.15. The molecule has 4 atom stereocenters. The number of benzene rings is 1. The Morgan fingerprint density at radius 2 is 1.94 bits per heavy atom. The lowest BCUT2D eigenvalue weighted by Crippen LogP contribution is -2.57. The van der Waals surface area contributed by atoms with Crippen LogP contribution in [0.5, 0.6) is 17.5 Å². The van der Waals surface area contributed by atoms with Gasteiger partial charge in [0.1, 0.15) is 11.9 Å². The summed E-state index contributed by atoms with van der Waals surface area (Å²) in [5.41, 5.74) is 2.45. The number of methoxy groups -OCH3 is 1. The van der Waals surface area contributed by atoms with Crippen LogP contribution in [0.2, 0.25) is 0 Å². The first kappa shape index (κ1) is 20.4. The van der Waals surface area contributed by atoms with Crippen LogP contribution in [0, 0.1) is 0 Å². The second-order valence-corrected chi connectivity index (χ2v) is 8.33. The number of phenolic OH excluding ortho intramolecular Hbond substituents is 1. The number of aromatic hydroxyl groups is 1. The van der Waals surface area contributed by atoms with Gasteiger partial charge in [-0.15, -0.1) is 10.2 Å². The van der Waals surface area contributed by atoms with Gasteiger partial charge in [-0.3, -0.25) is 5.32 Å². The van der Waals surface area contributed by atoms with Crippen molar-refractivity contribution in [3.05, 3.63) is 60.8 Å². The van der Waals surface area contributed by atoms with Gasteiger partial charge in [-0.1, -0.05) is 18.2 Å². The average molecular weight is 434 g/mol. The molecule has 0 amide bonds. The number of aromatic nitrogens is 3. The third-order valence-corrected chi connectivity index (χ3v) is 5.95. The van der Waals surface area contributed by atoms with Crippen LogP contribution in [-0.2, 0) is 0 Å². The predicted octanol–water partition coefficient (Wildman–Crippen LogP) is 3.70. The van der Waals surface area contributed by atoms with Gasteiger partial charge in [-0.2, -0.15) is 0 Å². The molecule has 1 saturated heterocycles. The topological polar surface area (TPSA) is 89.4 Å². The van der Waals surface area contributed by atoms with E-state index in [1.54, 1.807) is 43.6 Å². The largest absolute Gasteiger partial charge is 0.507 e. The molecule has 2 bridgehead atoms. The SMILES string of the molecule is COc1cc(-c2ccc(-c3ccc(O[C@@H]4C[C@@]5(C)C=C[C@H](N5)[C@@H]4F)nn3)c(O)c2)ccn1. The van der Waals surface area contributed by atoms with Crippen LogP contribution in [0.15, 0.2) is 60.8 Å². The minimum atomic E-state index is -1.16. The molecule has 3 aromatic rings. The molecule has 7 nitrogen and oxygen atoms in total. The van der Waals surface area contributed by atoms with Crippen molar-refractivity contribution in [2.45, 2.75) is 37.2 Å². The summed E-state index contributed by atoms with van der Waals surface area (Å²) in [7, 11) is 1.55. The Hall–Kier alpha value is -3.52. The van der Waals surface area contributed by atoms with Crippen molar-refractivity contribution in [1.82, 2.24) is 20.5 Å². The van der Waals surface area contributed by atoms with E-state index in [0.717, 1.165) is 11.1 Å². The van der Waals surface area contributed by atoms with E-state index in [2.05, 4.69) is 20.5 Å². The molecule has 164 valence electrons. The summed E-state index contributed by atoms with van der Waals surface area (Å²) in [6, 6.07) is 11.9. The fourth-order valence-corrected chi connectivity index (χ4v) is 4.28. The van der Waals surface area contributed by atoms with Gasteiger partial charge in [0.15, 0.2) is 6.17 Å². The molecule has 0 aliphatic carbocycles. The van der Waals surface area contributed by atoms with Gasteiger partial charge in [-0.25, -0.2) is 9.37 Å². The van der Waals surface area contributed by atoms with Crippen molar-refractivity contribution >= 4 is 0 Å². The normalized spacial score (nSPS) is 26.2. The minimum Gasteiger partial charge on any atom is -0.507 e. The molecule has 2 N–H and O–H groups in total. The van der Waals surface area contributed by atoms with Crippen LogP contribution >= 0.6 is 0 Å². The molecule has 2 aromatic heterocycles. The molecule has 2 aliphatic heterocycles. The number of halogens is 1. The summed E-state index contributed by atoms with van der Waals surface area (Å²) in [5, 5.41) is 22.1. The number of rotatable bonds is 5. The third kappa shape index (κ3) is 3.78. The molecule has 4 heterocycles. The Morgan fingerprint density at radius 1 is 1.09 bits per heavy atom. The fourth-order valence-electron chi connectivity index (χ4n) is 4.28. The number of pyridine rings is 1. The van der Waals surface area contributed by atoms with Crippen LogP contribution in [0.1, 0.15) is 13.3 Å². The van der Waals surface area contributed by atoms with Gasteiger partial charge in [0, 0.05) is 35.9 Å². The maximum absolute atomic E-state index is 14.7. The van der Waals surface area contributed by atoms with E-state index in [4.69, 9.17) is 9.47 Å². The quantitative estimate of drug-likeness (QED) is 0.592. The monoisotopic (exact) mass is 434 g/mol. The summed E-state index contributed by atoms with van der Waals surface area (Å²) in [4.78, 5) is 4.10. The highest BCUT2D eigenvalue weighted by Gasteiger charge is 2.46. The number of nitrogens with zero attached hydrogens (tertiary/aromatic N) is 3. The Morgan fingerprint density at radius 3 is 2.69 bits per heavy atom. The predicted molar refractivity (Wildman–Crippen MR) is 117 cm³/mol. The van der Waals surface area contributed by atoms with Crippen molar-refractivity contribution < 1.29 is 19.0 Å². The van der Waals surface area contributed by atoms with E-state index in [-0.39, 0.29) is 23.2 Å².